The maximum Gasteiger partial charge on any atom is 0.223 e. The molecular weight excluding hydrogens is 252 g/mol. The summed E-state index contributed by atoms with van der Waals surface area (Å²) in [5.74, 6) is 1.63. The van der Waals surface area contributed by atoms with Crippen LogP contribution in [0, 0.1) is 17.8 Å². The van der Waals surface area contributed by atoms with Crippen LogP contribution in [0.2, 0.25) is 0 Å². The van der Waals surface area contributed by atoms with Crippen LogP contribution >= 0.6 is 0 Å². The molecule has 4 atom stereocenters. The maximum atomic E-state index is 12.2. The van der Waals surface area contributed by atoms with Crippen molar-refractivity contribution in [2.45, 2.75) is 31.8 Å². The van der Waals surface area contributed by atoms with E-state index in [9.17, 15) is 9.90 Å². The molecule has 0 spiro atoms. The number of carbonyl (C=O) groups excluding carboxylic acids is 1. The summed E-state index contributed by atoms with van der Waals surface area (Å²) in [5.41, 5.74) is 7.07. The number of hydrogen-bond acceptors (Lipinski definition) is 3. The van der Waals surface area contributed by atoms with E-state index in [1.807, 2.05) is 0 Å². The quantitative estimate of drug-likeness (QED) is 0.733. The van der Waals surface area contributed by atoms with Gasteiger partial charge in [0.15, 0.2) is 0 Å². The summed E-state index contributed by atoms with van der Waals surface area (Å²) in [4.78, 5) is 12.2. The summed E-state index contributed by atoms with van der Waals surface area (Å²) in [6, 6.07) is 7.11. The minimum absolute atomic E-state index is 0.117. The van der Waals surface area contributed by atoms with Gasteiger partial charge >= 0.3 is 0 Å². The Morgan fingerprint density at radius 3 is 2.65 bits per heavy atom. The Morgan fingerprint density at radius 2 is 2.05 bits per heavy atom. The molecule has 0 heterocycles. The zero-order valence-corrected chi connectivity index (χ0v) is 11.6. The van der Waals surface area contributed by atoms with Gasteiger partial charge in [-0.15, -0.1) is 0 Å². The van der Waals surface area contributed by atoms with Crippen molar-refractivity contribution >= 4 is 11.6 Å². The van der Waals surface area contributed by atoms with E-state index >= 15 is 0 Å². The lowest BCUT2D eigenvalue weighted by Gasteiger charge is -2.21. The monoisotopic (exact) mass is 274 g/mol. The number of nitrogens with one attached hydrogen (secondary N) is 1. The Kier molecular flexibility index (Phi) is 3.66. The lowest BCUT2D eigenvalue weighted by Crippen LogP contribution is -2.36. The summed E-state index contributed by atoms with van der Waals surface area (Å²) in [6.45, 7) is 0.274. The van der Waals surface area contributed by atoms with Gasteiger partial charge in [0.1, 0.15) is 0 Å². The molecule has 0 aliphatic heterocycles. The number of hydrogen-bond donors (Lipinski definition) is 3. The molecule has 0 radical (unpaired) electrons. The Hall–Kier alpha value is -1.55. The van der Waals surface area contributed by atoms with Gasteiger partial charge in [-0.3, -0.25) is 4.79 Å². The highest BCUT2D eigenvalue weighted by atomic mass is 16.3. The first-order valence-corrected chi connectivity index (χ1v) is 7.44. The summed E-state index contributed by atoms with van der Waals surface area (Å²) >= 11 is 0. The van der Waals surface area contributed by atoms with Crippen molar-refractivity contribution in [3.05, 3.63) is 29.8 Å². The molecule has 1 amide bonds. The second-order valence-corrected chi connectivity index (χ2v) is 6.21. The van der Waals surface area contributed by atoms with Gasteiger partial charge in [-0.2, -0.15) is 0 Å². The van der Waals surface area contributed by atoms with E-state index < -0.39 is 6.10 Å². The maximum absolute atomic E-state index is 12.2. The van der Waals surface area contributed by atoms with Gasteiger partial charge < -0.3 is 16.2 Å². The second kappa shape index (κ2) is 5.44. The topological polar surface area (TPSA) is 75.3 Å². The molecular formula is C16H22N2O2. The molecule has 1 aromatic rings. The van der Waals surface area contributed by atoms with Crippen LogP contribution in [0.1, 0.15) is 37.4 Å². The summed E-state index contributed by atoms with van der Waals surface area (Å²) in [7, 11) is 0. The van der Waals surface area contributed by atoms with Gasteiger partial charge in [-0.1, -0.05) is 18.6 Å². The fourth-order valence-electron chi connectivity index (χ4n) is 3.73. The Morgan fingerprint density at radius 1 is 1.30 bits per heavy atom. The number of nitrogens with two attached hydrogens (primary N) is 1. The Labute approximate surface area is 119 Å². The lowest BCUT2D eigenvalue weighted by molar-refractivity contribution is -0.127. The number of nitrogen functional groups attached to an aromatic ring is 1. The van der Waals surface area contributed by atoms with E-state index in [1.54, 1.807) is 24.3 Å². The number of rotatable bonds is 4. The zero-order valence-electron chi connectivity index (χ0n) is 11.6. The van der Waals surface area contributed by atoms with Gasteiger partial charge in [-0.05, 0) is 48.8 Å². The van der Waals surface area contributed by atoms with E-state index in [2.05, 4.69) is 5.32 Å². The van der Waals surface area contributed by atoms with Crippen LogP contribution in [-0.2, 0) is 4.79 Å². The molecule has 0 saturated heterocycles. The zero-order chi connectivity index (χ0) is 14.1. The molecule has 108 valence electrons. The molecule has 4 heteroatoms. The molecule has 20 heavy (non-hydrogen) atoms. The Bertz CT molecular complexity index is 486. The van der Waals surface area contributed by atoms with Crippen molar-refractivity contribution in [1.29, 1.82) is 0 Å². The van der Waals surface area contributed by atoms with Crippen molar-refractivity contribution in [3.8, 4) is 0 Å². The van der Waals surface area contributed by atoms with Crippen LogP contribution in [0.5, 0.6) is 0 Å². The van der Waals surface area contributed by atoms with Gasteiger partial charge in [0.25, 0.3) is 0 Å². The number of aliphatic hydroxyl groups is 1. The highest BCUT2D eigenvalue weighted by Gasteiger charge is 2.42. The number of anilines is 1. The van der Waals surface area contributed by atoms with E-state index in [4.69, 9.17) is 5.73 Å². The third-order valence-electron chi connectivity index (χ3n) is 4.87. The molecule has 2 saturated carbocycles. The summed E-state index contributed by atoms with van der Waals surface area (Å²) in [5, 5.41) is 13.0. The molecule has 2 bridgehead atoms. The Balaban J connectivity index is 1.51. The van der Waals surface area contributed by atoms with Crippen molar-refractivity contribution in [2.75, 3.05) is 12.3 Å². The summed E-state index contributed by atoms with van der Waals surface area (Å²) in [6.07, 6.45) is 4.08. The molecule has 2 aliphatic rings. The van der Waals surface area contributed by atoms with Crippen LogP contribution in [0.25, 0.3) is 0 Å². The number of benzene rings is 1. The van der Waals surface area contributed by atoms with E-state index in [0.29, 0.717) is 11.6 Å². The first-order valence-electron chi connectivity index (χ1n) is 7.44. The number of carbonyl (C=O) groups is 1. The molecule has 2 aliphatic carbocycles. The predicted molar refractivity (Wildman–Crippen MR) is 77.8 cm³/mol. The van der Waals surface area contributed by atoms with E-state index in [0.717, 1.165) is 17.9 Å². The van der Waals surface area contributed by atoms with Crippen molar-refractivity contribution in [2.24, 2.45) is 17.8 Å². The van der Waals surface area contributed by atoms with Crippen LogP contribution in [-0.4, -0.2) is 17.6 Å². The first kappa shape index (κ1) is 13.4. The summed E-state index contributed by atoms with van der Waals surface area (Å²) < 4.78 is 0. The third-order valence-corrected chi connectivity index (χ3v) is 4.87. The fourth-order valence-corrected chi connectivity index (χ4v) is 3.73. The third kappa shape index (κ3) is 2.66. The second-order valence-electron chi connectivity index (χ2n) is 6.21. The molecule has 3 rings (SSSR count). The predicted octanol–water partition coefficient (Wildman–Crippen LogP) is 1.85. The van der Waals surface area contributed by atoms with Crippen LogP contribution in [0.4, 0.5) is 5.69 Å². The molecule has 2 fully saturated rings. The standard InChI is InChI=1S/C16H22N2O2/c17-13-5-3-11(4-6-13)15(19)9-18-16(20)14-8-10-1-2-12(14)7-10/h3-6,10,12,14-15,19H,1-2,7-9,17H2,(H,18,20). The number of amides is 1. The molecule has 4 nitrogen and oxygen atoms in total. The molecule has 1 aromatic carbocycles. The van der Waals surface area contributed by atoms with E-state index in [-0.39, 0.29) is 18.4 Å². The first-order chi connectivity index (χ1) is 9.63. The minimum Gasteiger partial charge on any atom is -0.399 e. The minimum atomic E-state index is -0.668. The van der Waals surface area contributed by atoms with E-state index in [1.165, 1.54) is 19.3 Å². The average molecular weight is 274 g/mol. The SMILES string of the molecule is Nc1ccc(C(O)CNC(=O)C2CC3CCC2C3)cc1. The van der Waals surface area contributed by atoms with Gasteiger partial charge in [-0.25, -0.2) is 0 Å². The van der Waals surface area contributed by atoms with Crippen LogP contribution in [0.3, 0.4) is 0 Å². The van der Waals surface area contributed by atoms with Gasteiger partial charge in [0, 0.05) is 18.2 Å². The highest BCUT2D eigenvalue weighted by molar-refractivity contribution is 5.79. The van der Waals surface area contributed by atoms with Crippen molar-refractivity contribution in [3.63, 3.8) is 0 Å². The lowest BCUT2D eigenvalue weighted by atomic mass is 9.88. The smallest absolute Gasteiger partial charge is 0.223 e. The van der Waals surface area contributed by atoms with Gasteiger partial charge in [0.05, 0.1) is 6.10 Å². The molecule has 4 N–H and O–H groups in total. The van der Waals surface area contributed by atoms with Crippen molar-refractivity contribution < 1.29 is 9.90 Å². The fraction of sp³-hybridized carbons (Fsp3) is 0.562. The van der Waals surface area contributed by atoms with Crippen LogP contribution < -0.4 is 11.1 Å². The number of aliphatic hydroxyl groups excluding tert-OH is 1. The number of fused-ring (bicyclic) bond motifs is 2. The normalized spacial score (nSPS) is 29.4. The molecule has 0 aromatic heterocycles. The molecule has 4 unspecified atom stereocenters. The average Bonchev–Trinajstić information content (AvgIpc) is 3.08. The van der Waals surface area contributed by atoms with Crippen LogP contribution in [0.15, 0.2) is 24.3 Å². The van der Waals surface area contributed by atoms with Gasteiger partial charge in [0.2, 0.25) is 5.91 Å². The largest absolute Gasteiger partial charge is 0.399 e. The highest BCUT2D eigenvalue weighted by Crippen LogP contribution is 2.48. The van der Waals surface area contributed by atoms with Crippen molar-refractivity contribution in [1.82, 2.24) is 5.32 Å².